The lowest BCUT2D eigenvalue weighted by atomic mass is 10.1. The van der Waals surface area contributed by atoms with Crippen molar-refractivity contribution in [3.05, 3.63) is 23.9 Å². The van der Waals surface area contributed by atoms with E-state index in [1.165, 1.54) is 0 Å². The van der Waals surface area contributed by atoms with Crippen LogP contribution in [0.5, 0.6) is 0 Å². The Bertz CT molecular complexity index is 514. The third kappa shape index (κ3) is 3.20. The molecule has 1 atom stereocenters. The van der Waals surface area contributed by atoms with E-state index >= 15 is 0 Å². The van der Waals surface area contributed by atoms with E-state index in [2.05, 4.69) is 4.98 Å². The van der Waals surface area contributed by atoms with Gasteiger partial charge in [0.2, 0.25) is 0 Å². The number of aliphatic hydroxyl groups is 1. The number of sulfone groups is 1. The van der Waals surface area contributed by atoms with Gasteiger partial charge >= 0.3 is 0 Å². The van der Waals surface area contributed by atoms with Crippen LogP contribution < -0.4 is 4.90 Å². The van der Waals surface area contributed by atoms with Gasteiger partial charge < -0.3 is 10.0 Å². The molecule has 1 saturated heterocycles. The Morgan fingerprint density at radius 3 is 2.89 bits per heavy atom. The zero-order valence-electron chi connectivity index (χ0n) is 10.4. The highest BCUT2D eigenvalue weighted by molar-refractivity contribution is 7.91. The van der Waals surface area contributed by atoms with Crippen LogP contribution in [0.3, 0.4) is 0 Å². The SMILES string of the molecule is CC(O)c1ccnc(N2CCCS(=O)(=O)CC2)c1. The molecule has 0 amide bonds. The van der Waals surface area contributed by atoms with E-state index in [4.69, 9.17) is 0 Å². The van der Waals surface area contributed by atoms with Crippen molar-refractivity contribution in [2.45, 2.75) is 19.4 Å². The number of aliphatic hydroxyl groups excluding tert-OH is 1. The first-order chi connectivity index (χ1) is 8.48. The van der Waals surface area contributed by atoms with Crippen LogP contribution in [0.25, 0.3) is 0 Å². The third-order valence-corrected chi connectivity index (χ3v) is 4.85. The van der Waals surface area contributed by atoms with Gasteiger partial charge in [-0.1, -0.05) is 0 Å². The summed E-state index contributed by atoms with van der Waals surface area (Å²) in [4.78, 5) is 6.22. The molecular weight excluding hydrogens is 252 g/mol. The van der Waals surface area contributed by atoms with Crippen molar-refractivity contribution in [2.24, 2.45) is 0 Å². The monoisotopic (exact) mass is 270 g/mol. The van der Waals surface area contributed by atoms with Crippen LogP contribution in [0.15, 0.2) is 18.3 Å². The molecule has 5 nitrogen and oxygen atoms in total. The number of aromatic nitrogens is 1. The number of hydrogen-bond donors (Lipinski definition) is 1. The number of pyridine rings is 1. The van der Waals surface area contributed by atoms with Gasteiger partial charge in [0.25, 0.3) is 0 Å². The normalized spacial score (nSPS) is 21.3. The van der Waals surface area contributed by atoms with E-state index in [1.54, 1.807) is 19.2 Å². The van der Waals surface area contributed by atoms with Gasteiger partial charge in [-0.15, -0.1) is 0 Å². The molecule has 0 saturated carbocycles. The summed E-state index contributed by atoms with van der Waals surface area (Å²) in [5.41, 5.74) is 0.798. The Morgan fingerprint density at radius 1 is 1.39 bits per heavy atom. The van der Waals surface area contributed by atoms with Gasteiger partial charge in [0.1, 0.15) is 5.82 Å². The fourth-order valence-electron chi connectivity index (χ4n) is 2.03. The van der Waals surface area contributed by atoms with Crippen molar-refractivity contribution in [2.75, 3.05) is 29.5 Å². The number of nitrogens with zero attached hydrogens (tertiary/aromatic N) is 2. The summed E-state index contributed by atoms with van der Waals surface area (Å²) in [5, 5.41) is 9.54. The summed E-state index contributed by atoms with van der Waals surface area (Å²) in [6.07, 6.45) is 1.74. The molecule has 0 aliphatic carbocycles. The maximum Gasteiger partial charge on any atom is 0.152 e. The predicted octanol–water partition coefficient (Wildman–Crippen LogP) is 0.760. The van der Waals surface area contributed by atoms with Crippen molar-refractivity contribution in [1.82, 2.24) is 4.98 Å². The molecule has 0 radical (unpaired) electrons. The summed E-state index contributed by atoms with van der Waals surface area (Å²) in [6.45, 7) is 2.86. The molecule has 1 aliphatic rings. The quantitative estimate of drug-likeness (QED) is 0.859. The molecule has 1 aromatic heterocycles. The number of anilines is 1. The Balaban J connectivity index is 2.18. The van der Waals surface area contributed by atoms with Crippen LogP contribution in [0.2, 0.25) is 0 Å². The molecule has 1 N–H and O–H groups in total. The van der Waals surface area contributed by atoms with Crippen molar-refractivity contribution < 1.29 is 13.5 Å². The zero-order chi connectivity index (χ0) is 13.2. The highest BCUT2D eigenvalue weighted by Crippen LogP contribution is 2.19. The van der Waals surface area contributed by atoms with Gasteiger partial charge in [0.15, 0.2) is 9.84 Å². The van der Waals surface area contributed by atoms with E-state index in [0.717, 1.165) is 11.4 Å². The van der Waals surface area contributed by atoms with Crippen LogP contribution in [-0.4, -0.2) is 43.1 Å². The van der Waals surface area contributed by atoms with Crippen molar-refractivity contribution in [1.29, 1.82) is 0 Å². The topological polar surface area (TPSA) is 70.5 Å². The number of hydrogen-bond acceptors (Lipinski definition) is 5. The van der Waals surface area contributed by atoms with Crippen LogP contribution in [0.1, 0.15) is 25.0 Å². The second-order valence-corrected chi connectivity index (χ2v) is 6.92. The van der Waals surface area contributed by atoms with Crippen LogP contribution in [0.4, 0.5) is 5.82 Å². The lowest BCUT2D eigenvalue weighted by Crippen LogP contribution is -2.27. The summed E-state index contributed by atoms with van der Waals surface area (Å²) in [6, 6.07) is 3.59. The summed E-state index contributed by atoms with van der Waals surface area (Å²) in [5.74, 6) is 1.16. The first kappa shape index (κ1) is 13.3. The van der Waals surface area contributed by atoms with Crippen LogP contribution in [-0.2, 0) is 9.84 Å². The second-order valence-electron chi connectivity index (χ2n) is 4.62. The Labute approximate surface area is 107 Å². The zero-order valence-corrected chi connectivity index (χ0v) is 11.2. The van der Waals surface area contributed by atoms with Crippen molar-refractivity contribution >= 4 is 15.7 Å². The molecule has 0 spiro atoms. The molecule has 100 valence electrons. The first-order valence-electron chi connectivity index (χ1n) is 6.07. The Morgan fingerprint density at radius 2 is 2.17 bits per heavy atom. The second kappa shape index (κ2) is 5.24. The molecule has 1 fully saturated rings. The minimum Gasteiger partial charge on any atom is -0.389 e. The average Bonchev–Trinajstić information content (AvgIpc) is 2.50. The molecule has 0 bridgehead atoms. The van der Waals surface area contributed by atoms with E-state index in [1.807, 2.05) is 11.0 Å². The van der Waals surface area contributed by atoms with Crippen LogP contribution in [0, 0.1) is 0 Å². The molecule has 6 heteroatoms. The molecule has 2 heterocycles. The summed E-state index contributed by atoms with van der Waals surface area (Å²) >= 11 is 0. The largest absolute Gasteiger partial charge is 0.389 e. The molecular formula is C12H18N2O3S. The predicted molar refractivity (Wildman–Crippen MR) is 70.4 cm³/mol. The highest BCUT2D eigenvalue weighted by Gasteiger charge is 2.20. The summed E-state index contributed by atoms with van der Waals surface area (Å²) < 4.78 is 23.1. The average molecular weight is 270 g/mol. The fraction of sp³-hybridized carbons (Fsp3) is 0.583. The standard InChI is InChI=1S/C12H18N2O3S/c1-10(15)11-3-4-13-12(9-11)14-5-2-7-18(16,17)8-6-14/h3-4,9-10,15H,2,5-8H2,1H3. The maximum atomic E-state index is 11.5. The molecule has 1 unspecified atom stereocenters. The van der Waals surface area contributed by atoms with Crippen molar-refractivity contribution in [3.8, 4) is 0 Å². The van der Waals surface area contributed by atoms with E-state index in [9.17, 15) is 13.5 Å². The van der Waals surface area contributed by atoms with Gasteiger partial charge in [-0.2, -0.15) is 0 Å². The molecule has 1 aromatic rings. The van der Waals surface area contributed by atoms with Gasteiger partial charge in [-0.05, 0) is 31.0 Å². The molecule has 2 rings (SSSR count). The minimum atomic E-state index is -2.91. The highest BCUT2D eigenvalue weighted by atomic mass is 32.2. The molecule has 0 aromatic carbocycles. The van der Waals surface area contributed by atoms with E-state index in [0.29, 0.717) is 19.5 Å². The fourth-order valence-corrected chi connectivity index (χ4v) is 3.31. The third-order valence-electron chi connectivity index (χ3n) is 3.13. The van der Waals surface area contributed by atoms with Gasteiger partial charge in [-0.25, -0.2) is 13.4 Å². The van der Waals surface area contributed by atoms with Crippen molar-refractivity contribution in [3.63, 3.8) is 0 Å². The Kier molecular flexibility index (Phi) is 3.87. The van der Waals surface area contributed by atoms with E-state index < -0.39 is 15.9 Å². The number of rotatable bonds is 2. The lowest BCUT2D eigenvalue weighted by Gasteiger charge is -2.21. The van der Waals surface area contributed by atoms with Crippen LogP contribution >= 0.6 is 0 Å². The lowest BCUT2D eigenvalue weighted by molar-refractivity contribution is 0.199. The maximum absolute atomic E-state index is 11.5. The summed E-state index contributed by atoms with van der Waals surface area (Å²) in [7, 11) is -2.91. The molecule has 18 heavy (non-hydrogen) atoms. The Hall–Kier alpha value is -1.14. The smallest absolute Gasteiger partial charge is 0.152 e. The minimum absolute atomic E-state index is 0.174. The van der Waals surface area contributed by atoms with Gasteiger partial charge in [0, 0.05) is 19.3 Å². The van der Waals surface area contributed by atoms with Gasteiger partial charge in [-0.3, -0.25) is 0 Å². The molecule has 1 aliphatic heterocycles. The van der Waals surface area contributed by atoms with E-state index in [-0.39, 0.29) is 11.5 Å². The first-order valence-corrected chi connectivity index (χ1v) is 7.89. The van der Waals surface area contributed by atoms with Gasteiger partial charge in [0.05, 0.1) is 17.6 Å².